The molecule has 3 N–H and O–H groups in total. The third kappa shape index (κ3) is 2.14. The van der Waals surface area contributed by atoms with E-state index >= 15 is 0 Å². The van der Waals surface area contributed by atoms with Crippen LogP contribution in [-0.4, -0.2) is 34.0 Å². The molecule has 2 aromatic rings. The van der Waals surface area contributed by atoms with Gasteiger partial charge in [0.25, 0.3) is 11.8 Å². The first-order valence-corrected chi connectivity index (χ1v) is 8.22. The summed E-state index contributed by atoms with van der Waals surface area (Å²) in [5.74, 6) is -1.93. The van der Waals surface area contributed by atoms with Crippen molar-refractivity contribution in [3.8, 4) is 0 Å². The number of anilines is 1. The lowest BCUT2D eigenvalue weighted by atomic mass is 9.91. The summed E-state index contributed by atoms with van der Waals surface area (Å²) in [5, 5.41) is 23.4. The Morgan fingerprint density at radius 3 is 2.46 bits per heavy atom. The Balaban J connectivity index is 1.95. The van der Waals surface area contributed by atoms with Crippen LogP contribution in [0.25, 0.3) is 0 Å². The average molecular weight is 352 g/mol. The minimum absolute atomic E-state index is 0.0241. The second-order valence-electron chi connectivity index (χ2n) is 6.39. The van der Waals surface area contributed by atoms with E-state index in [-0.39, 0.29) is 18.4 Å². The van der Waals surface area contributed by atoms with Gasteiger partial charge in [-0.2, -0.15) is 0 Å². The number of carbonyl (C=O) groups is 3. The minimum atomic E-state index is -1.86. The Kier molecular flexibility index (Phi) is 3.55. The molecular weight excluding hydrogens is 336 g/mol. The van der Waals surface area contributed by atoms with Gasteiger partial charge >= 0.3 is 5.97 Å². The van der Waals surface area contributed by atoms with Gasteiger partial charge in [0.15, 0.2) is 5.72 Å². The number of carboxylic acid groups (broad SMARTS) is 1. The number of fused-ring (bicyclic) bond motifs is 5. The molecule has 7 nitrogen and oxygen atoms in total. The van der Waals surface area contributed by atoms with E-state index < -0.39 is 29.6 Å². The number of hydrogen-bond acceptors (Lipinski definition) is 4. The summed E-state index contributed by atoms with van der Waals surface area (Å²) in [7, 11) is 0. The van der Waals surface area contributed by atoms with Crippen LogP contribution in [0, 0.1) is 0 Å². The van der Waals surface area contributed by atoms with E-state index in [4.69, 9.17) is 5.11 Å². The molecule has 0 saturated carbocycles. The molecule has 2 heterocycles. The van der Waals surface area contributed by atoms with Gasteiger partial charge in [-0.15, -0.1) is 0 Å². The highest BCUT2D eigenvalue weighted by Crippen LogP contribution is 2.46. The normalized spacial score (nSPS) is 23.6. The average Bonchev–Trinajstić information content (AvgIpc) is 2.81. The second-order valence-corrected chi connectivity index (χ2v) is 6.39. The number of rotatable bonds is 3. The van der Waals surface area contributed by atoms with Crippen molar-refractivity contribution < 1.29 is 24.6 Å². The molecule has 4 rings (SSSR count). The highest BCUT2D eigenvalue weighted by Gasteiger charge is 2.56. The molecule has 0 aliphatic carbocycles. The standard InChI is InChI=1S/C19H16N2O5/c22-16(23)10-9-15-19(26)13-7-3-1-5-11(13)18(25)21(19)14-8-4-2-6-12(14)17(24)20-15/h1-8,15,26H,9-10H2,(H,20,24)(H,22,23)/t15-,19-/m0/s1. The van der Waals surface area contributed by atoms with E-state index in [1.165, 1.54) is 4.90 Å². The molecule has 0 unspecified atom stereocenters. The lowest BCUT2D eigenvalue weighted by Gasteiger charge is -2.38. The zero-order valence-corrected chi connectivity index (χ0v) is 13.7. The van der Waals surface area contributed by atoms with Gasteiger partial charge in [0.2, 0.25) is 0 Å². The number of aliphatic carboxylic acids is 1. The van der Waals surface area contributed by atoms with Crippen LogP contribution in [0.5, 0.6) is 0 Å². The summed E-state index contributed by atoms with van der Waals surface area (Å²) in [5.41, 5.74) is -0.610. The molecule has 2 atom stereocenters. The molecule has 0 bridgehead atoms. The SMILES string of the molecule is O=C(O)CC[C@@H]1NC(=O)c2ccccc2N2C(=O)c3ccccc3[C@]12O. The number of nitrogens with zero attached hydrogens (tertiary/aromatic N) is 1. The Morgan fingerprint density at radius 2 is 1.73 bits per heavy atom. The number of nitrogens with one attached hydrogen (secondary N) is 1. The van der Waals surface area contributed by atoms with Crippen molar-refractivity contribution in [2.75, 3.05) is 4.90 Å². The van der Waals surface area contributed by atoms with Crippen LogP contribution >= 0.6 is 0 Å². The van der Waals surface area contributed by atoms with Gasteiger partial charge < -0.3 is 15.5 Å². The fraction of sp³-hybridized carbons (Fsp3) is 0.211. The molecule has 0 saturated heterocycles. The zero-order valence-electron chi connectivity index (χ0n) is 13.7. The molecule has 132 valence electrons. The third-order valence-corrected chi connectivity index (χ3v) is 4.93. The maximum atomic E-state index is 13.1. The molecule has 0 spiro atoms. The fourth-order valence-electron chi connectivity index (χ4n) is 3.76. The van der Waals surface area contributed by atoms with Gasteiger partial charge in [-0.05, 0) is 24.6 Å². The number of amides is 2. The molecule has 2 aliphatic heterocycles. The van der Waals surface area contributed by atoms with Crippen molar-refractivity contribution in [1.82, 2.24) is 5.32 Å². The van der Waals surface area contributed by atoms with E-state index in [1.54, 1.807) is 48.5 Å². The predicted molar refractivity (Wildman–Crippen MR) is 91.7 cm³/mol. The maximum absolute atomic E-state index is 13.1. The molecule has 7 heteroatoms. The maximum Gasteiger partial charge on any atom is 0.303 e. The second kappa shape index (κ2) is 5.67. The fourth-order valence-corrected chi connectivity index (χ4v) is 3.76. The summed E-state index contributed by atoms with van der Waals surface area (Å²) >= 11 is 0. The largest absolute Gasteiger partial charge is 0.481 e. The minimum Gasteiger partial charge on any atom is -0.481 e. The predicted octanol–water partition coefficient (Wildman–Crippen LogP) is 1.47. The number of para-hydroxylation sites is 1. The quantitative estimate of drug-likeness (QED) is 0.775. The highest BCUT2D eigenvalue weighted by atomic mass is 16.4. The first kappa shape index (κ1) is 16.3. The number of carboxylic acids is 1. The van der Waals surface area contributed by atoms with Crippen LogP contribution in [0.1, 0.15) is 39.1 Å². The lowest BCUT2D eigenvalue weighted by molar-refractivity contribution is -0.137. The summed E-state index contributed by atoms with van der Waals surface area (Å²) in [6, 6.07) is 12.2. The lowest BCUT2D eigenvalue weighted by Crippen LogP contribution is -2.57. The van der Waals surface area contributed by atoms with Crippen LogP contribution in [0.15, 0.2) is 48.5 Å². The third-order valence-electron chi connectivity index (χ3n) is 4.93. The monoisotopic (exact) mass is 352 g/mol. The summed E-state index contributed by atoms with van der Waals surface area (Å²) < 4.78 is 0. The van der Waals surface area contributed by atoms with E-state index in [1.807, 2.05) is 0 Å². The van der Waals surface area contributed by atoms with Crippen LogP contribution < -0.4 is 10.2 Å². The van der Waals surface area contributed by atoms with Crippen molar-refractivity contribution >= 4 is 23.5 Å². The zero-order chi connectivity index (χ0) is 18.5. The van der Waals surface area contributed by atoms with Crippen molar-refractivity contribution in [3.05, 3.63) is 65.2 Å². The van der Waals surface area contributed by atoms with E-state index in [9.17, 15) is 19.5 Å². The Bertz CT molecular complexity index is 941. The van der Waals surface area contributed by atoms with Gasteiger partial charge in [0.05, 0.1) is 17.3 Å². The molecule has 0 fully saturated rings. The van der Waals surface area contributed by atoms with Gasteiger partial charge in [-0.3, -0.25) is 19.3 Å². The van der Waals surface area contributed by atoms with Crippen molar-refractivity contribution in [2.45, 2.75) is 24.6 Å². The number of benzene rings is 2. The van der Waals surface area contributed by atoms with Gasteiger partial charge in [-0.25, -0.2) is 0 Å². The number of aliphatic hydroxyl groups is 1. The summed E-state index contributed by atoms with van der Waals surface area (Å²) in [6.45, 7) is 0. The molecule has 0 aromatic heterocycles. The topological polar surface area (TPSA) is 107 Å². The first-order valence-electron chi connectivity index (χ1n) is 8.22. The molecule has 26 heavy (non-hydrogen) atoms. The molecular formula is C19H16N2O5. The van der Waals surface area contributed by atoms with Crippen LogP contribution in [0.4, 0.5) is 5.69 Å². The van der Waals surface area contributed by atoms with Gasteiger partial charge in [0.1, 0.15) is 0 Å². The van der Waals surface area contributed by atoms with Crippen molar-refractivity contribution in [1.29, 1.82) is 0 Å². The van der Waals surface area contributed by atoms with Crippen LogP contribution in [0.2, 0.25) is 0 Å². The molecule has 0 radical (unpaired) electrons. The number of carbonyl (C=O) groups excluding carboxylic acids is 2. The van der Waals surface area contributed by atoms with E-state index in [0.717, 1.165) is 0 Å². The van der Waals surface area contributed by atoms with Crippen molar-refractivity contribution in [3.63, 3.8) is 0 Å². The molecule has 2 amide bonds. The summed E-state index contributed by atoms with van der Waals surface area (Å²) in [6.07, 6.45) is -0.280. The highest BCUT2D eigenvalue weighted by molar-refractivity contribution is 6.15. The Hall–Kier alpha value is -3.19. The number of hydrogen-bond donors (Lipinski definition) is 3. The molecule has 2 aliphatic rings. The van der Waals surface area contributed by atoms with E-state index in [2.05, 4.69) is 5.32 Å². The van der Waals surface area contributed by atoms with Crippen LogP contribution in [-0.2, 0) is 10.5 Å². The van der Waals surface area contributed by atoms with Crippen molar-refractivity contribution in [2.24, 2.45) is 0 Å². The Labute approximate surface area is 148 Å². The first-order chi connectivity index (χ1) is 12.4. The van der Waals surface area contributed by atoms with Gasteiger partial charge in [0, 0.05) is 17.5 Å². The van der Waals surface area contributed by atoms with E-state index in [0.29, 0.717) is 16.8 Å². The molecule has 2 aromatic carbocycles. The van der Waals surface area contributed by atoms with Gasteiger partial charge in [-0.1, -0.05) is 30.3 Å². The summed E-state index contributed by atoms with van der Waals surface area (Å²) in [4.78, 5) is 38.0. The van der Waals surface area contributed by atoms with Crippen LogP contribution in [0.3, 0.4) is 0 Å². The Morgan fingerprint density at radius 1 is 1.08 bits per heavy atom. The smallest absolute Gasteiger partial charge is 0.303 e.